The Morgan fingerprint density at radius 2 is 1.89 bits per heavy atom. The molecule has 0 aliphatic heterocycles. The standard InChI is InChI=1S/C15H26N2S/c1-12(10-17-15(2,3)4)16-11-13-8-6-7-9-14(13)18-5/h6-9,12,16-17H,10-11H2,1-5H3. The maximum atomic E-state index is 3.57. The second-order valence-electron chi connectivity index (χ2n) is 5.72. The molecular formula is C15H26N2S. The highest BCUT2D eigenvalue weighted by molar-refractivity contribution is 7.98. The molecule has 1 aromatic rings. The minimum atomic E-state index is 0.188. The third kappa shape index (κ3) is 5.89. The molecule has 0 saturated carbocycles. The molecule has 0 aromatic heterocycles. The zero-order valence-corrected chi connectivity index (χ0v) is 13.0. The second-order valence-corrected chi connectivity index (χ2v) is 6.57. The summed E-state index contributed by atoms with van der Waals surface area (Å²) >= 11 is 1.81. The molecule has 0 radical (unpaired) electrons. The first-order chi connectivity index (χ1) is 8.42. The maximum absolute atomic E-state index is 3.57. The molecule has 1 aromatic carbocycles. The molecule has 0 aliphatic carbocycles. The summed E-state index contributed by atoms with van der Waals surface area (Å²) in [5.41, 5.74) is 1.57. The molecule has 1 atom stereocenters. The SMILES string of the molecule is CSc1ccccc1CNC(C)CNC(C)(C)C. The van der Waals surface area contributed by atoms with E-state index in [9.17, 15) is 0 Å². The van der Waals surface area contributed by atoms with Crippen LogP contribution in [0, 0.1) is 0 Å². The van der Waals surface area contributed by atoms with Gasteiger partial charge >= 0.3 is 0 Å². The number of hydrogen-bond acceptors (Lipinski definition) is 3. The van der Waals surface area contributed by atoms with Crippen LogP contribution >= 0.6 is 11.8 Å². The average molecular weight is 266 g/mol. The van der Waals surface area contributed by atoms with Gasteiger partial charge in [0.05, 0.1) is 0 Å². The minimum Gasteiger partial charge on any atom is -0.311 e. The third-order valence-corrected chi connectivity index (χ3v) is 3.61. The Kier molecular flexibility index (Phi) is 6.19. The minimum absolute atomic E-state index is 0.188. The molecule has 1 rings (SSSR count). The molecule has 0 bridgehead atoms. The van der Waals surface area contributed by atoms with Gasteiger partial charge in [-0.05, 0) is 45.6 Å². The van der Waals surface area contributed by atoms with E-state index in [1.54, 1.807) is 0 Å². The summed E-state index contributed by atoms with van der Waals surface area (Å²) in [6.07, 6.45) is 2.13. The Morgan fingerprint density at radius 1 is 1.22 bits per heavy atom. The van der Waals surface area contributed by atoms with Crippen molar-refractivity contribution in [1.82, 2.24) is 10.6 Å². The number of rotatable bonds is 6. The van der Waals surface area contributed by atoms with Gasteiger partial charge in [0.2, 0.25) is 0 Å². The van der Waals surface area contributed by atoms with Crippen molar-refractivity contribution in [3.05, 3.63) is 29.8 Å². The van der Waals surface area contributed by atoms with Gasteiger partial charge < -0.3 is 10.6 Å². The fourth-order valence-corrected chi connectivity index (χ4v) is 2.28. The van der Waals surface area contributed by atoms with Crippen LogP contribution in [0.5, 0.6) is 0 Å². The van der Waals surface area contributed by atoms with E-state index in [1.165, 1.54) is 10.5 Å². The van der Waals surface area contributed by atoms with Gasteiger partial charge in [0.1, 0.15) is 0 Å². The van der Waals surface area contributed by atoms with Crippen molar-refractivity contribution in [3.8, 4) is 0 Å². The number of benzene rings is 1. The number of hydrogen-bond donors (Lipinski definition) is 2. The summed E-state index contributed by atoms with van der Waals surface area (Å²) in [4.78, 5) is 1.36. The van der Waals surface area contributed by atoms with Crippen LogP contribution in [0.4, 0.5) is 0 Å². The molecule has 0 spiro atoms. The smallest absolute Gasteiger partial charge is 0.0219 e. The zero-order valence-electron chi connectivity index (χ0n) is 12.2. The van der Waals surface area contributed by atoms with E-state index in [-0.39, 0.29) is 5.54 Å². The first-order valence-electron chi connectivity index (χ1n) is 6.52. The van der Waals surface area contributed by atoms with Crippen LogP contribution in [0.15, 0.2) is 29.2 Å². The Hall–Kier alpha value is -0.510. The van der Waals surface area contributed by atoms with Crippen molar-refractivity contribution in [1.29, 1.82) is 0 Å². The predicted octanol–water partition coefficient (Wildman–Crippen LogP) is 3.27. The molecule has 1 unspecified atom stereocenters. The van der Waals surface area contributed by atoms with E-state index in [0.717, 1.165) is 13.1 Å². The normalized spacial score (nSPS) is 13.6. The zero-order chi connectivity index (χ0) is 13.6. The van der Waals surface area contributed by atoms with Crippen molar-refractivity contribution >= 4 is 11.8 Å². The summed E-state index contributed by atoms with van der Waals surface area (Å²) in [5.74, 6) is 0. The molecule has 2 N–H and O–H groups in total. The number of thioether (sulfide) groups is 1. The Balaban J connectivity index is 2.40. The van der Waals surface area contributed by atoms with Crippen LogP contribution in [0.1, 0.15) is 33.3 Å². The van der Waals surface area contributed by atoms with E-state index in [4.69, 9.17) is 0 Å². The Labute approximate surface area is 116 Å². The van der Waals surface area contributed by atoms with Crippen LogP contribution in [0.25, 0.3) is 0 Å². The van der Waals surface area contributed by atoms with E-state index in [1.807, 2.05) is 11.8 Å². The summed E-state index contributed by atoms with van der Waals surface area (Å²) in [6.45, 7) is 10.7. The van der Waals surface area contributed by atoms with Crippen LogP contribution in [0.2, 0.25) is 0 Å². The van der Waals surface area contributed by atoms with Crippen molar-refractivity contribution in [3.63, 3.8) is 0 Å². The highest BCUT2D eigenvalue weighted by atomic mass is 32.2. The van der Waals surface area contributed by atoms with Gasteiger partial charge in [-0.3, -0.25) is 0 Å². The third-order valence-electron chi connectivity index (χ3n) is 2.77. The van der Waals surface area contributed by atoms with Crippen molar-refractivity contribution in [2.75, 3.05) is 12.8 Å². The predicted molar refractivity (Wildman–Crippen MR) is 82.3 cm³/mol. The van der Waals surface area contributed by atoms with E-state index in [0.29, 0.717) is 6.04 Å². The lowest BCUT2D eigenvalue weighted by molar-refractivity contribution is 0.387. The molecule has 0 saturated heterocycles. The molecule has 3 heteroatoms. The summed E-state index contributed by atoms with van der Waals surface area (Å²) < 4.78 is 0. The van der Waals surface area contributed by atoms with E-state index in [2.05, 4.69) is 68.8 Å². The quantitative estimate of drug-likeness (QED) is 0.773. The van der Waals surface area contributed by atoms with Crippen molar-refractivity contribution < 1.29 is 0 Å². The van der Waals surface area contributed by atoms with Gasteiger partial charge in [-0.15, -0.1) is 11.8 Å². The van der Waals surface area contributed by atoms with Crippen LogP contribution < -0.4 is 10.6 Å². The second kappa shape index (κ2) is 7.17. The summed E-state index contributed by atoms with van der Waals surface area (Å²) in [6, 6.07) is 9.05. The van der Waals surface area contributed by atoms with Crippen LogP contribution in [-0.4, -0.2) is 24.4 Å². The lowest BCUT2D eigenvalue weighted by atomic mass is 10.1. The first-order valence-corrected chi connectivity index (χ1v) is 7.75. The molecule has 0 fully saturated rings. The molecule has 2 nitrogen and oxygen atoms in total. The number of nitrogens with one attached hydrogen (secondary N) is 2. The molecule has 18 heavy (non-hydrogen) atoms. The maximum Gasteiger partial charge on any atom is 0.0219 e. The average Bonchev–Trinajstić information content (AvgIpc) is 2.33. The first kappa shape index (κ1) is 15.5. The highest BCUT2D eigenvalue weighted by Gasteiger charge is 2.11. The summed E-state index contributed by atoms with van der Waals surface area (Å²) in [5, 5.41) is 7.09. The van der Waals surface area contributed by atoms with Crippen LogP contribution in [0.3, 0.4) is 0 Å². The molecule has 102 valence electrons. The highest BCUT2D eigenvalue weighted by Crippen LogP contribution is 2.19. The van der Waals surface area contributed by atoms with Gasteiger partial charge in [0.15, 0.2) is 0 Å². The van der Waals surface area contributed by atoms with Crippen molar-refractivity contribution in [2.45, 2.75) is 50.7 Å². The fourth-order valence-electron chi connectivity index (χ4n) is 1.66. The Bertz CT molecular complexity index is 358. The lowest BCUT2D eigenvalue weighted by Crippen LogP contribution is -2.44. The van der Waals surface area contributed by atoms with E-state index < -0.39 is 0 Å². The van der Waals surface area contributed by atoms with Gasteiger partial charge in [0, 0.05) is 29.6 Å². The summed E-state index contributed by atoms with van der Waals surface area (Å²) in [7, 11) is 0. The topological polar surface area (TPSA) is 24.1 Å². The van der Waals surface area contributed by atoms with Gasteiger partial charge in [-0.25, -0.2) is 0 Å². The van der Waals surface area contributed by atoms with Crippen LogP contribution in [-0.2, 0) is 6.54 Å². The Morgan fingerprint density at radius 3 is 2.50 bits per heavy atom. The van der Waals surface area contributed by atoms with Gasteiger partial charge in [0.25, 0.3) is 0 Å². The van der Waals surface area contributed by atoms with Gasteiger partial charge in [-0.1, -0.05) is 18.2 Å². The monoisotopic (exact) mass is 266 g/mol. The van der Waals surface area contributed by atoms with E-state index >= 15 is 0 Å². The fraction of sp³-hybridized carbons (Fsp3) is 0.600. The molecular weight excluding hydrogens is 240 g/mol. The lowest BCUT2D eigenvalue weighted by Gasteiger charge is -2.24. The molecule has 0 heterocycles. The van der Waals surface area contributed by atoms with Gasteiger partial charge in [-0.2, -0.15) is 0 Å². The molecule has 0 aliphatic rings. The largest absolute Gasteiger partial charge is 0.311 e. The molecule has 0 amide bonds. The van der Waals surface area contributed by atoms with Crippen molar-refractivity contribution in [2.24, 2.45) is 0 Å².